The quantitative estimate of drug-likeness (QED) is 0.470. The standard InChI is InChI=1S/C16H19Cl/c1-3-5-6-7-8-10-14(4-2)15-11-9-12-16(17)13-15/h2,9-13H,3,5-8H2,1H3. The summed E-state index contributed by atoms with van der Waals surface area (Å²) in [5, 5.41) is 0.731. The molecule has 1 aromatic carbocycles. The highest BCUT2D eigenvalue weighted by atomic mass is 35.5. The summed E-state index contributed by atoms with van der Waals surface area (Å²) < 4.78 is 0. The van der Waals surface area contributed by atoms with E-state index in [1.54, 1.807) is 0 Å². The zero-order chi connectivity index (χ0) is 12.5. The third-order valence-electron chi connectivity index (χ3n) is 2.70. The van der Waals surface area contributed by atoms with Gasteiger partial charge in [0, 0.05) is 10.6 Å². The number of hydrogen-bond acceptors (Lipinski definition) is 0. The Kier molecular flexibility index (Phi) is 6.51. The van der Waals surface area contributed by atoms with E-state index < -0.39 is 0 Å². The molecule has 0 nitrogen and oxygen atoms in total. The van der Waals surface area contributed by atoms with Gasteiger partial charge < -0.3 is 0 Å². The Morgan fingerprint density at radius 3 is 2.82 bits per heavy atom. The van der Waals surface area contributed by atoms with E-state index in [1.807, 2.05) is 24.3 Å². The van der Waals surface area contributed by atoms with E-state index in [0.717, 1.165) is 22.6 Å². The van der Waals surface area contributed by atoms with Gasteiger partial charge >= 0.3 is 0 Å². The maximum Gasteiger partial charge on any atom is 0.0412 e. The normalized spacial score (nSPS) is 11.2. The molecule has 0 aromatic heterocycles. The zero-order valence-corrected chi connectivity index (χ0v) is 11.1. The van der Waals surface area contributed by atoms with Crippen LogP contribution in [0.1, 0.15) is 44.6 Å². The molecular formula is C16H19Cl. The van der Waals surface area contributed by atoms with Gasteiger partial charge in [-0.25, -0.2) is 0 Å². The largest absolute Gasteiger partial charge is 0.115 e. The first-order chi connectivity index (χ1) is 8.27. The van der Waals surface area contributed by atoms with Crippen LogP contribution >= 0.6 is 11.6 Å². The first-order valence-corrected chi connectivity index (χ1v) is 6.58. The van der Waals surface area contributed by atoms with Crippen LogP contribution in [0.4, 0.5) is 0 Å². The molecule has 0 atom stereocenters. The molecule has 0 amide bonds. The van der Waals surface area contributed by atoms with Crippen molar-refractivity contribution < 1.29 is 0 Å². The molecule has 0 aliphatic carbocycles. The number of rotatable bonds is 6. The summed E-state index contributed by atoms with van der Waals surface area (Å²) in [6.45, 7) is 2.22. The molecule has 0 saturated carbocycles. The maximum atomic E-state index is 5.95. The molecular weight excluding hydrogens is 228 g/mol. The Hall–Kier alpha value is -1.19. The second kappa shape index (κ2) is 7.98. The van der Waals surface area contributed by atoms with E-state index in [2.05, 4.69) is 18.9 Å². The minimum absolute atomic E-state index is 0.731. The first-order valence-electron chi connectivity index (χ1n) is 6.20. The molecule has 0 saturated heterocycles. The number of halogens is 1. The Balaban J connectivity index is 2.59. The van der Waals surface area contributed by atoms with Crippen molar-refractivity contribution in [1.82, 2.24) is 0 Å². The minimum Gasteiger partial charge on any atom is -0.115 e. The lowest BCUT2D eigenvalue weighted by Crippen LogP contribution is -1.82. The second-order valence-corrected chi connectivity index (χ2v) is 4.56. The van der Waals surface area contributed by atoms with Gasteiger partial charge in [-0.2, -0.15) is 0 Å². The Labute approximate surface area is 110 Å². The molecule has 0 fully saturated rings. The van der Waals surface area contributed by atoms with Gasteiger partial charge in [0.25, 0.3) is 0 Å². The number of terminal acetylenes is 1. The summed E-state index contributed by atoms with van der Waals surface area (Å²) in [4.78, 5) is 0. The molecule has 0 aliphatic heterocycles. The zero-order valence-electron chi connectivity index (χ0n) is 10.4. The Morgan fingerprint density at radius 2 is 2.18 bits per heavy atom. The van der Waals surface area contributed by atoms with Crippen molar-refractivity contribution in [2.75, 3.05) is 0 Å². The van der Waals surface area contributed by atoms with Crippen LogP contribution in [0.5, 0.6) is 0 Å². The molecule has 90 valence electrons. The van der Waals surface area contributed by atoms with E-state index in [-0.39, 0.29) is 0 Å². The summed E-state index contributed by atoms with van der Waals surface area (Å²) >= 11 is 5.95. The lowest BCUT2D eigenvalue weighted by Gasteiger charge is -2.02. The highest BCUT2D eigenvalue weighted by molar-refractivity contribution is 6.30. The van der Waals surface area contributed by atoms with Crippen LogP contribution in [0.15, 0.2) is 30.3 Å². The number of hydrogen-bond donors (Lipinski definition) is 0. The summed E-state index contributed by atoms with van der Waals surface area (Å²) in [6, 6.07) is 7.71. The van der Waals surface area contributed by atoms with E-state index in [1.165, 1.54) is 25.7 Å². The van der Waals surface area contributed by atoms with Gasteiger partial charge in [0.05, 0.1) is 0 Å². The van der Waals surface area contributed by atoms with Gasteiger partial charge in [0.1, 0.15) is 0 Å². The maximum absolute atomic E-state index is 5.95. The summed E-state index contributed by atoms with van der Waals surface area (Å²) in [6.07, 6.45) is 13.8. The molecule has 1 aromatic rings. The van der Waals surface area contributed by atoms with E-state index in [0.29, 0.717) is 0 Å². The van der Waals surface area contributed by atoms with Crippen LogP contribution in [0, 0.1) is 12.3 Å². The molecule has 0 aliphatic rings. The van der Waals surface area contributed by atoms with Gasteiger partial charge in [-0.1, -0.05) is 61.9 Å². The predicted molar refractivity (Wildman–Crippen MR) is 77.0 cm³/mol. The van der Waals surface area contributed by atoms with Crippen molar-refractivity contribution in [2.45, 2.75) is 39.0 Å². The van der Waals surface area contributed by atoms with E-state index in [4.69, 9.17) is 18.0 Å². The Morgan fingerprint density at radius 1 is 1.35 bits per heavy atom. The molecule has 1 rings (SSSR count). The van der Waals surface area contributed by atoms with Gasteiger partial charge in [0.2, 0.25) is 0 Å². The first kappa shape index (κ1) is 13.9. The van der Waals surface area contributed by atoms with Crippen LogP contribution in [0.3, 0.4) is 0 Å². The van der Waals surface area contributed by atoms with Crippen molar-refractivity contribution >= 4 is 17.2 Å². The van der Waals surface area contributed by atoms with Gasteiger partial charge in [-0.3, -0.25) is 0 Å². The molecule has 0 unspecified atom stereocenters. The lowest BCUT2D eigenvalue weighted by atomic mass is 10.0. The fourth-order valence-electron chi connectivity index (χ4n) is 1.73. The number of benzene rings is 1. The van der Waals surface area contributed by atoms with E-state index >= 15 is 0 Å². The molecule has 17 heavy (non-hydrogen) atoms. The van der Waals surface area contributed by atoms with Gasteiger partial charge in [-0.15, -0.1) is 6.42 Å². The van der Waals surface area contributed by atoms with Crippen molar-refractivity contribution in [3.63, 3.8) is 0 Å². The molecule has 0 spiro atoms. The summed E-state index contributed by atoms with van der Waals surface area (Å²) in [5.74, 6) is 2.74. The summed E-state index contributed by atoms with van der Waals surface area (Å²) in [5.41, 5.74) is 1.99. The highest BCUT2D eigenvalue weighted by Gasteiger charge is 1.98. The molecule has 0 N–H and O–H groups in total. The third kappa shape index (κ3) is 5.11. The van der Waals surface area contributed by atoms with Gasteiger partial charge in [0.15, 0.2) is 0 Å². The minimum atomic E-state index is 0.731. The monoisotopic (exact) mass is 246 g/mol. The molecule has 1 heteroatoms. The molecule has 0 heterocycles. The Bertz CT molecular complexity index is 410. The number of allylic oxidation sites excluding steroid dienone is 2. The van der Waals surface area contributed by atoms with Crippen LogP contribution in [-0.4, -0.2) is 0 Å². The summed E-state index contributed by atoms with van der Waals surface area (Å²) in [7, 11) is 0. The fourth-order valence-corrected chi connectivity index (χ4v) is 1.92. The van der Waals surface area contributed by atoms with Crippen LogP contribution in [0.25, 0.3) is 5.57 Å². The topological polar surface area (TPSA) is 0 Å². The van der Waals surface area contributed by atoms with Crippen LogP contribution in [-0.2, 0) is 0 Å². The van der Waals surface area contributed by atoms with Crippen molar-refractivity contribution in [3.05, 3.63) is 40.9 Å². The predicted octanol–water partition coefficient (Wildman–Crippen LogP) is 5.33. The van der Waals surface area contributed by atoms with Crippen molar-refractivity contribution in [2.24, 2.45) is 0 Å². The van der Waals surface area contributed by atoms with E-state index in [9.17, 15) is 0 Å². The molecule has 0 radical (unpaired) electrons. The average Bonchev–Trinajstić information content (AvgIpc) is 2.34. The fraction of sp³-hybridized carbons (Fsp3) is 0.375. The van der Waals surface area contributed by atoms with Crippen molar-refractivity contribution in [3.8, 4) is 12.3 Å². The smallest absolute Gasteiger partial charge is 0.0412 e. The number of unbranched alkanes of at least 4 members (excludes halogenated alkanes) is 4. The average molecular weight is 247 g/mol. The van der Waals surface area contributed by atoms with Crippen LogP contribution < -0.4 is 0 Å². The third-order valence-corrected chi connectivity index (χ3v) is 2.93. The van der Waals surface area contributed by atoms with Crippen molar-refractivity contribution in [1.29, 1.82) is 0 Å². The van der Waals surface area contributed by atoms with Gasteiger partial charge in [-0.05, 0) is 30.5 Å². The lowest BCUT2D eigenvalue weighted by molar-refractivity contribution is 0.675. The second-order valence-electron chi connectivity index (χ2n) is 4.12. The SMILES string of the molecule is C#CC(=CCCCCCC)c1cccc(Cl)c1. The molecule has 0 bridgehead atoms. The van der Waals surface area contributed by atoms with Crippen LogP contribution in [0.2, 0.25) is 5.02 Å². The highest BCUT2D eigenvalue weighted by Crippen LogP contribution is 2.19.